The van der Waals surface area contributed by atoms with Gasteiger partial charge in [-0.25, -0.2) is 14.8 Å². The average Bonchev–Trinajstić information content (AvgIpc) is 3.54. The maximum Gasteiger partial charge on any atom is 0.286 e. The van der Waals surface area contributed by atoms with Crippen molar-refractivity contribution >= 4 is 40.7 Å². The highest BCUT2D eigenvalue weighted by molar-refractivity contribution is 7.97. The number of aromatic nitrogens is 2. The summed E-state index contributed by atoms with van der Waals surface area (Å²) in [6, 6.07) is 12.0. The van der Waals surface area contributed by atoms with Gasteiger partial charge in [-0.3, -0.25) is 19.4 Å². The third-order valence-electron chi connectivity index (χ3n) is 5.22. The molecule has 11 heteroatoms. The molecule has 0 spiro atoms. The van der Waals surface area contributed by atoms with Crippen molar-refractivity contribution in [2.75, 3.05) is 38.2 Å². The monoisotopic (exact) mass is 517 g/mol. The van der Waals surface area contributed by atoms with E-state index in [1.165, 1.54) is 17.5 Å². The topological polar surface area (TPSA) is 99.9 Å². The van der Waals surface area contributed by atoms with Crippen LogP contribution in [0, 0.1) is 0 Å². The van der Waals surface area contributed by atoms with Crippen LogP contribution in [0.15, 0.2) is 53.7 Å². The van der Waals surface area contributed by atoms with Crippen LogP contribution in [0.25, 0.3) is 11.3 Å². The molecule has 1 aliphatic heterocycles. The second kappa shape index (κ2) is 12.3. The highest BCUT2D eigenvalue weighted by Gasteiger charge is 2.21. The molecule has 0 bridgehead atoms. The molecule has 35 heavy (non-hydrogen) atoms. The normalized spacial score (nSPS) is 14.3. The predicted molar refractivity (Wildman–Crippen MR) is 140 cm³/mol. The lowest BCUT2D eigenvalue weighted by atomic mass is 10.1. The number of rotatable bonds is 6. The number of amides is 1. The fourth-order valence-electron chi connectivity index (χ4n) is 3.11. The number of methoxy groups -OCH3 is 1. The predicted octanol–water partition coefficient (Wildman–Crippen LogP) is 4.03. The van der Waals surface area contributed by atoms with E-state index in [0.29, 0.717) is 4.88 Å². The number of thiazole rings is 1. The summed E-state index contributed by atoms with van der Waals surface area (Å²) in [5, 5.41) is 9.51. The number of hydrogen-bond donors (Lipinski definition) is 2. The zero-order chi connectivity index (χ0) is 25.4. The van der Waals surface area contributed by atoms with E-state index in [9.17, 15) is 9.59 Å². The van der Waals surface area contributed by atoms with Gasteiger partial charge < -0.3 is 9.64 Å². The lowest BCUT2D eigenvalue weighted by Crippen LogP contribution is -2.43. The van der Waals surface area contributed by atoms with Crippen molar-refractivity contribution < 1.29 is 19.5 Å². The molecule has 1 fully saturated rings. The van der Waals surface area contributed by atoms with Crippen molar-refractivity contribution in [3.63, 3.8) is 0 Å². The summed E-state index contributed by atoms with van der Waals surface area (Å²) in [6.07, 6.45) is 4.03. The molecule has 2 aromatic heterocycles. The molecule has 1 aromatic carbocycles. The summed E-state index contributed by atoms with van der Waals surface area (Å²) in [6.45, 7) is 9.41. The number of hydroxylamine groups is 1. The van der Waals surface area contributed by atoms with Gasteiger partial charge in [0.2, 0.25) is 6.41 Å². The van der Waals surface area contributed by atoms with Gasteiger partial charge in [0.05, 0.1) is 17.5 Å². The Morgan fingerprint density at radius 3 is 2.40 bits per heavy atom. The number of ether oxygens (including phenoxy) is 1. The molecule has 0 radical (unpaired) electrons. The van der Waals surface area contributed by atoms with Gasteiger partial charge in [0.15, 0.2) is 5.13 Å². The van der Waals surface area contributed by atoms with Gasteiger partial charge in [-0.2, -0.15) is 0 Å². The van der Waals surface area contributed by atoms with Crippen LogP contribution in [0.4, 0.5) is 5.13 Å². The number of nitrogens with one attached hydrogen (secondary N) is 1. The fourth-order valence-corrected chi connectivity index (χ4v) is 4.87. The highest BCUT2D eigenvalue weighted by atomic mass is 32.2. The molecule has 3 aromatic rings. The van der Waals surface area contributed by atoms with E-state index in [-0.39, 0.29) is 5.60 Å². The van der Waals surface area contributed by atoms with Crippen LogP contribution in [-0.4, -0.2) is 70.3 Å². The van der Waals surface area contributed by atoms with E-state index < -0.39 is 5.91 Å². The van der Waals surface area contributed by atoms with Crippen molar-refractivity contribution in [1.29, 1.82) is 0 Å². The molecule has 2 N–H and O–H groups in total. The van der Waals surface area contributed by atoms with Crippen LogP contribution in [0.3, 0.4) is 0 Å². The molecule has 1 saturated heterocycles. The second-order valence-electron chi connectivity index (χ2n) is 8.70. The van der Waals surface area contributed by atoms with Gasteiger partial charge in [-0.15, -0.1) is 0 Å². The van der Waals surface area contributed by atoms with Gasteiger partial charge in [0.1, 0.15) is 4.88 Å². The largest absolute Gasteiger partial charge is 0.379 e. The first-order chi connectivity index (χ1) is 16.7. The molecule has 4 rings (SSSR count). The molecule has 9 nitrogen and oxygen atoms in total. The minimum atomic E-state index is -0.535. The lowest BCUT2D eigenvalue weighted by Gasteiger charge is -2.33. The minimum Gasteiger partial charge on any atom is -0.379 e. The van der Waals surface area contributed by atoms with E-state index in [0.717, 1.165) is 53.9 Å². The summed E-state index contributed by atoms with van der Waals surface area (Å²) < 4.78 is 8.80. The van der Waals surface area contributed by atoms with E-state index in [1.807, 2.05) is 45.0 Å². The third kappa shape index (κ3) is 7.64. The van der Waals surface area contributed by atoms with Crippen LogP contribution < -0.4 is 10.4 Å². The molecular formula is C24H31N5O4S2. The number of anilines is 1. The minimum absolute atomic E-state index is 0.0417. The number of hydrogen-bond acceptors (Lipinski definition) is 9. The van der Waals surface area contributed by atoms with Crippen LogP contribution in [0.5, 0.6) is 0 Å². The summed E-state index contributed by atoms with van der Waals surface area (Å²) in [5.41, 5.74) is 3.56. The Bertz CT molecular complexity index is 1100. The van der Waals surface area contributed by atoms with Gasteiger partial charge in [-0.1, -0.05) is 23.5 Å². The van der Waals surface area contributed by atoms with Crippen LogP contribution in [0.2, 0.25) is 0 Å². The number of carbonyl (C=O) groups is 2. The van der Waals surface area contributed by atoms with Gasteiger partial charge in [0.25, 0.3) is 5.91 Å². The zero-order valence-electron chi connectivity index (χ0n) is 20.3. The van der Waals surface area contributed by atoms with Gasteiger partial charge >= 0.3 is 0 Å². The standard InChI is InChI=1S/C19H19N5O3S2.C5H12O/c25-13-23-7-1-2-16(23)14-3-5-15(6-4-14)29-24-10-8-22(9-11-24)19-20-12-17(28-19)18(26)21-27;1-5(2,3)6-4/h1-7,12-13,27H,8-11H2,(H,21,26);1-4H3. The Balaban J connectivity index is 0.000000509. The van der Waals surface area contributed by atoms with Crippen molar-refractivity contribution in [2.45, 2.75) is 31.3 Å². The van der Waals surface area contributed by atoms with Crippen LogP contribution in [-0.2, 0) is 9.53 Å². The average molecular weight is 518 g/mol. The maximum atomic E-state index is 11.5. The molecule has 1 amide bonds. The second-order valence-corrected chi connectivity index (χ2v) is 10.9. The fraction of sp³-hybridized carbons (Fsp3) is 0.375. The summed E-state index contributed by atoms with van der Waals surface area (Å²) in [4.78, 5) is 30.5. The highest BCUT2D eigenvalue weighted by Crippen LogP contribution is 2.29. The van der Waals surface area contributed by atoms with Crippen molar-refractivity contribution in [3.8, 4) is 11.3 Å². The SMILES string of the molecule is COC(C)(C)C.O=Cn1cccc1-c1ccc(SN2CCN(c3ncc(C(=O)NO)s3)CC2)cc1. The van der Waals surface area contributed by atoms with Gasteiger partial charge in [-0.05, 0) is 62.5 Å². The molecule has 0 unspecified atom stereocenters. The van der Waals surface area contributed by atoms with Crippen molar-refractivity contribution in [1.82, 2.24) is 19.3 Å². The first kappa shape index (κ1) is 26.9. The van der Waals surface area contributed by atoms with Crippen LogP contribution in [0.1, 0.15) is 30.4 Å². The molecule has 0 saturated carbocycles. The first-order valence-corrected chi connectivity index (χ1v) is 12.7. The molecule has 3 heterocycles. The van der Waals surface area contributed by atoms with Crippen molar-refractivity contribution in [3.05, 3.63) is 53.7 Å². The van der Waals surface area contributed by atoms with Crippen LogP contribution >= 0.6 is 23.3 Å². The first-order valence-electron chi connectivity index (χ1n) is 11.1. The zero-order valence-corrected chi connectivity index (χ0v) is 21.9. The number of benzene rings is 1. The Labute approximate surface area is 213 Å². The van der Waals surface area contributed by atoms with E-state index in [1.54, 1.807) is 35.3 Å². The smallest absolute Gasteiger partial charge is 0.286 e. The summed E-state index contributed by atoms with van der Waals surface area (Å²) in [7, 11) is 1.71. The quantitative estimate of drug-likeness (QED) is 0.219. The molecule has 0 aliphatic carbocycles. The van der Waals surface area contributed by atoms with E-state index in [4.69, 9.17) is 9.94 Å². The third-order valence-corrected chi connectivity index (χ3v) is 7.38. The Morgan fingerprint density at radius 1 is 1.17 bits per heavy atom. The van der Waals surface area contributed by atoms with Crippen molar-refractivity contribution in [2.24, 2.45) is 0 Å². The lowest BCUT2D eigenvalue weighted by molar-refractivity contribution is 0.0397. The summed E-state index contributed by atoms with van der Waals surface area (Å²) >= 11 is 2.98. The molecule has 188 valence electrons. The molecule has 0 atom stereocenters. The number of piperazine rings is 1. The molecule has 1 aliphatic rings. The van der Waals surface area contributed by atoms with Gasteiger partial charge in [0, 0.05) is 44.4 Å². The number of carbonyl (C=O) groups excluding carboxylic acids is 2. The number of nitrogens with zero attached hydrogens (tertiary/aromatic N) is 4. The Kier molecular flexibility index (Phi) is 9.47. The summed E-state index contributed by atoms with van der Waals surface area (Å²) in [5.74, 6) is -0.535. The van der Waals surface area contributed by atoms with E-state index >= 15 is 0 Å². The Morgan fingerprint density at radius 2 is 1.83 bits per heavy atom. The van der Waals surface area contributed by atoms with E-state index in [2.05, 4.69) is 26.3 Å². The Hall–Kier alpha value is -2.70. The molecular weight excluding hydrogens is 486 g/mol. The maximum absolute atomic E-state index is 11.5.